The number of sulfone groups is 1. The maximum Gasteiger partial charge on any atom is 0.417 e. The van der Waals surface area contributed by atoms with E-state index in [4.69, 9.17) is 0 Å². The fraction of sp³-hybridized carbons (Fsp3) is 0.423. The van der Waals surface area contributed by atoms with Crippen molar-refractivity contribution in [2.24, 2.45) is 0 Å². The molecule has 0 saturated carbocycles. The fourth-order valence-electron chi connectivity index (χ4n) is 4.09. The van der Waals surface area contributed by atoms with E-state index in [0.717, 1.165) is 0 Å². The Labute approximate surface area is 219 Å². The number of aromatic nitrogens is 3. The summed E-state index contributed by atoms with van der Waals surface area (Å²) in [5.74, 6) is -0.175. The normalized spacial score (nSPS) is 12.6. The predicted molar refractivity (Wildman–Crippen MR) is 135 cm³/mol. The molecule has 12 heteroatoms. The summed E-state index contributed by atoms with van der Waals surface area (Å²) < 4.78 is 67.2. The maximum atomic E-state index is 13.9. The molecule has 206 valence electrons. The number of imidazole rings is 1. The van der Waals surface area contributed by atoms with E-state index in [1.165, 1.54) is 43.5 Å². The van der Waals surface area contributed by atoms with E-state index >= 15 is 0 Å². The molecule has 38 heavy (non-hydrogen) atoms. The first-order valence-electron chi connectivity index (χ1n) is 11.9. The highest BCUT2D eigenvalue weighted by Crippen LogP contribution is 2.36. The molecular weight excluding hydrogens is 521 g/mol. The van der Waals surface area contributed by atoms with Crippen molar-refractivity contribution in [3.8, 4) is 0 Å². The minimum atomic E-state index is -4.68. The topological polar surface area (TPSA) is 114 Å². The Morgan fingerprint density at radius 2 is 1.76 bits per heavy atom. The van der Waals surface area contributed by atoms with Crippen molar-refractivity contribution in [3.05, 3.63) is 76.1 Å². The molecule has 0 aliphatic carbocycles. The Bertz CT molecular complexity index is 1420. The van der Waals surface area contributed by atoms with Gasteiger partial charge in [0, 0.05) is 23.9 Å². The number of amides is 1. The molecule has 0 aliphatic rings. The van der Waals surface area contributed by atoms with Gasteiger partial charge in [-0.05, 0) is 30.2 Å². The van der Waals surface area contributed by atoms with E-state index in [2.05, 4.69) is 15.3 Å². The van der Waals surface area contributed by atoms with E-state index in [0.29, 0.717) is 17.2 Å². The van der Waals surface area contributed by atoms with Gasteiger partial charge >= 0.3 is 6.18 Å². The summed E-state index contributed by atoms with van der Waals surface area (Å²) in [6, 6.07) is 6.96. The zero-order valence-electron chi connectivity index (χ0n) is 21.8. The molecule has 2 heterocycles. The number of benzene rings is 1. The van der Waals surface area contributed by atoms with E-state index in [9.17, 15) is 31.5 Å². The molecule has 0 bridgehead atoms. The van der Waals surface area contributed by atoms with Crippen LogP contribution in [0.2, 0.25) is 0 Å². The van der Waals surface area contributed by atoms with Gasteiger partial charge in [-0.25, -0.2) is 13.4 Å². The van der Waals surface area contributed by atoms with Crippen molar-refractivity contribution in [3.63, 3.8) is 0 Å². The molecule has 0 radical (unpaired) electrons. The van der Waals surface area contributed by atoms with Crippen LogP contribution in [0.4, 0.5) is 13.2 Å². The summed E-state index contributed by atoms with van der Waals surface area (Å²) in [5.41, 5.74) is -0.905. The number of carbonyl (C=O) groups excluding carboxylic acids is 1. The summed E-state index contributed by atoms with van der Waals surface area (Å²) in [7, 11) is -3.40. The minimum Gasteiger partial charge on any atom is -0.392 e. The van der Waals surface area contributed by atoms with Crippen molar-refractivity contribution in [2.45, 2.75) is 70.8 Å². The Morgan fingerprint density at radius 3 is 2.29 bits per heavy atom. The fourth-order valence-corrected chi connectivity index (χ4v) is 4.91. The largest absolute Gasteiger partial charge is 0.417 e. The van der Waals surface area contributed by atoms with Gasteiger partial charge in [0.25, 0.3) is 5.91 Å². The average molecular weight is 553 g/mol. The molecule has 2 N–H and O–H groups in total. The minimum absolute atomic E-state index is 0.000789. The highest BCUT2D eigenvalue weighted by molar-refractivity contribution is 7.91. The summed E-state index contributed by atoms with van der Waals surface area (Å²) in [6.07, 6.45) is -3.44. The number of nitrogens with zero attached hydrogens (tertiary/aromatic N) is 3. The SMILES string of the molecule is CCS(=O)(=O)c1ccc(CNC(=O)c2nc(C(C)(C)C)n(Cc3cccc(CO)c3C(F)(F)F)c2C)nc1. The summed E-state index contributed by atoms with van der Waals surface area (Å²) in [6.45, 7) is 7.72. The lowest BCUT2D eigenvalue weighted by Gasteiger charge is -2.23. The smallest absolute Gasteiger partial charge is 0.392 e. The van der Waals surface area contributed by atoms with Crippen LogP contribution in [0.1, 0.15) is 72.1 Å². The Hall–Kier alpha value is -3.25. The van der Waals surface area contributed by atoms with Crippen LogP contribution >= 0.6 is 0 Å². The number of aliphatic hydroxyl groups excluding tert-OH is 1. The standard InChI is InChI=1S/C26H31F3N4O4S/c1-6-38(36,37)20-11-10-19(30-13-20)12-31-23(35)22-16(2)33(24(32-22)25(3,4)5)14-17-8-7-9-18(15-34)21(17)26(27,28)29/h7-11,13,34H,6,12,14-15H2,1-5H3,(H,31,35). The molecule has 1 amide bonds. The number of aliphatic hydroxyl groups is 1. The van der Waals surface area contributed by atoms with Crippen molar-refractivity contribution in [1.29, 1.82) is 0 Å². The lowest BCUT2D eigenvalue weighted by molar-refractivity contribution is -0.139. The van der Waals surface area contributed by atoms with Crippen LogP contribution in [0.3, 0.4) is 0 Å². The van der Waals surface area contributed by atoms with Gasteiger partial charge in [-0.15, -0.1) is 0 Å². The number of pyridine rings is 1. The number of halogens is 3. The number of rotatable bonds is 8. The van der Waals surface area contributed by atoms with Gasteiger partial charge < -0.3 is 15.0 Å². The molecule has 0 unspecified atom stereocenters. The van der Waals surface area contributed by atoms with Crippen LogP contribution in [0, 0.1) is 6.92 Å². The molecule has 0 aliphatic heterocycles. The van der Waals surface area contributed by atoms with E-state index in [-0.39, 0.29) is 40.6 Å². The Morgan fingerprint density at radius 1 is 1.11 bits per heavy atom. The Balaban J connectivity index is 1.93. The molecule has 0 spiro atoms. The van der Waals surface area contributed by atoms with E-state index in [1.54, 1.807) is 11.5 Å². The highest BCUT2D eigenvalue weighted by atomic mass is 32.2. The number of nitrogens with one attached hydrogen (secondary N) is 1. The van der Waals surface area contributed by atoms with Crippen molar-refractivity contribution >= 4 is 15.7 Å². The lowest BCUT2D eigenvalue weighted by atomic mass is 9.95. The second-order valence-corrected chi connectivity index (χ2v) is 12.2. The first kappa shape index (κ1) is 29.3. The third-order valence-corrected chi connectivity index (χ3v) is 7.81. The molecule has 0 fully saturated rings. The number of hydrogen-bond acceptors (Lipinski definition) is 6. The predicted octanol–water partition coefficient (Wildman–Crippen LogP) is 4.17. The summed E-state index contributed by atoms with van der Waals surface area (Å²) in [5, 5.41) is 12.2. The van der Waals surface area contributed by atoms with Gasteiger partial charge in [-0.1, -0.05) is 45.9 Å². The maximum absolute atomic E-state index is 13.9. The van der Waals surface area contributed by atoms with Gasteiger partial charge in [0.05, 0.1) is 35.1 Å². The second-order valence-electron chi connectivity index (χ2n) is 9.88. The molecular formula is C26H31F3N4O4S. The number of alkyl halides is 3. The van der Waals surface area contributed by atoms with Crippen molar-refractivity contribution in [2.75, 3.05) is 5.75 Å². The van der Waals surface area contributed by atoms with Crippen LogP contribution in [0.5, 0.6) is 0 Å². The average Bonchev–Trinajstić information content (AvgIpc) is 3.18. The van der Waals surface area contributed by atoms with Gasteiger partial charge in [0.1, 0.15) is 11.5 Å². The van der Waals surface area contributed by atoms with Gasteiger partial charge in [-0.3, -0.25) is 9.78 Å². The lowest BCUT2D eigenvalue weighted by Crippen LogP contribution is -2.24. The molecule has 3 aromatic rings. The van der Waals surface area contributed by atoms with Crippen LogP contribution in [0.15, 0.2) is 41.4 Å². The number of carbonyl (C=O) groups is 1. The summed E-state index contributed by atoms with van der Waals surface area (Å²) >= 11 is 0. The van der Waals surface area contributed by atoms with E-state index < -0.39 is 39.5 Å². The summed E-state index contributed by atoms with van der Waals surface area (Å²) in [4.78, 5) is 21.7. The van der Waals surface area contributed by atoms with Gasteiger partial charge in [0.15, 0.2) is 9.84 Å². The van der Waals surface area contributed by atoms with Crippen LogP contribution < -0.4 is 5.32 Å². The van der Waals surface area contributed by atoms with Gasteiger partial charge in [0.2, 0.25) is 0 Å². The van der Waals surface area contributed by atoms with Crippen LogP contribution in [-0.2, 0) is 41.1 Å². The zero-order valence-corrected chi connectivity index (χ0v) is 22.7. The second kappa shape index (κ2) is 10.9. The Kier molecular flexibility index (Phi) is 8.37. The zero-order chi connectivity index (χ0) is 28.5. The third kappa shape index (κ3) is 6.24. The monoisotopic (exact) mass is 552 g/mol. The molecule has 0 saturated heterocycles. The molecule has 3 rings (SSSR count). The van der Waals surface area contributed by atoms with Gasteiger partial charge in [-0.2, -0.15) is 13.2 Å². The quantitative estimate of drug-likeness (QED) is 0.434. The molecule has 1 aromatic carbocycles. The van der Waals surface area contributed by atoms with E-state index in [1.807, 2.05) is 20.8 Å². The van der Waals surface area contributed by atoms with Crippen LogP contribution in [-0.4, -0.2) is 39.7 Å². The molecule has 0 atom stereocenters. The van der Waals surface area contributed by atoms with Crippen molar-refractivity contribution < 1.29 is 31.5 Å². The first-order chi connectivity index (χ1) is 17.6. The third-order valence-electron chi connectivity index (χ3n) is 6.09. The molecule has 8 nitrogen and oxygen atoms in total. The van der Waals surface area contributed by atoms with Crippen molar-refractivity contribution in [1.82, 2.24) is 19.9 Å². The molecule has 2 aromatic heterocycles. The highest BCUT2D eigenvalue weighted by Gasteiger charge is 2.36. The van der Waals surface area contributed by atoms with Crippen LogP contribution in [0.25, 0.3) is 0 Å². The number of hydrogen-bond donors (Lipinski definition) is 2. The first-order valence-corrected chi connectivity index (χ1v) is 13.6.